The minimum Gasteiger partial charge on any atom is -0.383 e. The van der Waals surface area contributed by atoms with Crippen molar-refractivity contribution in [2.75, 3.05) is 26.8 Å². The van der Waals surface area contributed by atoms with Crippen molar-refractivity contribution in [2.24, 2.45) is 5.73 Å². The molecule has 1 aliphatic rings. The fourth-order valence-electron chi connectivity index (χ4n) is 2.56. The molecule has 1 heterocycles. The van der Waals surface area contributed by atoms with Crippen molar-refractivity contribution in [3.05, 3.63) is 18.0 Å². The predicted molar refractivity (Wildman–Crippen MR) is 75.9 cm³/mol. The highest BCUT2D eigenvalue weighted by Crippen LogP contribution is 2.33. The van der Waals surface area contributed by atoms with Gasteiger partial charge in [-0.25, -0.2) is 0 Å². The molecule has 1 aromatic heterocycles. The molecule has 0 saturated heterocycles. The van der Waals surface area contributed by atoms with Crippen LogP contribution in [0.1, 0.15) is 37.8 Å². The van der Waals surface area contributed by atoms with E-state index < -0.39 is 0 Å². The van der Waals surface area contributed by atoms with E-state index >= 15 is 0 Å². The molecule has 2 N–H and O–H groups in total. The van der Waals surface area contributed by atoms with Crippen LogP contribution in [0.15, 0.2) is 12.4 Å². The molecule has 1 saturated carbocycles. The van der Waals surface area contributed by atoms with Crippen LogP contribution < -0.4 is 5.73 Å². The lowest BCUT2D eigenvalue weighted by atomic mass is 10.1. The second-order valence-corrected chi connectivity index (χ2v) is 5.25. The Bertz CT molecular complexity index is 375. The van der Waals surface area contributed by atoms with Crippen molar-refractivity contribution >= 4 is 0 Å². The minimum atomic E-state index is 0.272. The van der Waals surface area contributed by atoms with E-state index in [2.05, 4.69) is 23.1 Å². The fraction of sp³-hybridized carbons (Fsp3) is 0.786. The van der Waals surface area contributed by atoms with Crippen molar-refractivity contribution in [1.82, 2.24) is 14.7 Å². The van der Waals surface area contributed by atoms with Crippen molar-refractivity contribution in [3.63, 3.8) is 0 Å². The standard InChI is InChI=1S/C14H26N4O/c1-3-6-17-11-12(10-16-17)14(9-15)18(7-8-19-2)13-4-5-13/h10-11,13-14H,3-9,15H2,1-2H3. The van der Waals surface area contributed by atoms with Crippen LogP contribution >= 0.6 is 0 Å². The molecular weight excluding hydrogens is 240 g/mol. The molecule has 5 nitrogen and oxygen atoms in total. The summed E-state index contributed by atoms with van der Waals surface area (Å²) in [6, 6.07) is 0.950. The van der Waals surface area contributed by atoms with Crippen molar-refractivity contribution in [3.8, 4) is 0 Å². The topological polar surface area (TPSA) is 56.3 Å². The second-order valence-electron chi connectivity index (χ2n) is 5.25. The van der Waals surface area contributed by atoms with Gasteiger partial charge in [0.1, 0.15) is 0 Å². The summed E-state index contributed by atoms with van der Waals surface area (Å²) in [4.78, 5) is 2.48. The molecule has 1 fully saturated rings. The minimum absolute atomic E-state index is 0.272. The van der Waals surface area contributed by atoms with E-state index in [9.17, 15) is 0 Å². The predicted octanol–water partition coefficient (Wildman–Crippen LogP) is 1.40. The smallest absolute Gasteiger partial charge is 0.0590 e. The molecule has 0 aliphatic heterocycles. The Kier molecular flexibility index (Phi) is 5.36. The van der Waals surface area contributed by atoms with E-state index in [4.69, 9.17) is 10.5 Å². The summed E-state index contributed by atoms with van der Waals surface area (Å²) in [7, 11) is 1.75. The molecule has 1 aromatic rings. The van der Waals surface area contributed by atoms with Gasteiger partial charge in [-0.05, 0) is 19.3 Å². The number of aryl methyl sites for hydroxylation is 1. The third kappa shape index (κ3) is 3.78. The highest BCUT2D eigenvalue weighted by molar-refractivity contribution is 5.13. The number of nitrogens with two attached hydrogens (primary N) is 1. The first kappa shape index (κ1) is 14.5. The first-order valence-electron chi connectivity index (χ1n) is 7.27. The number of hydrogen-bond acceptors (Lipinski definition) is 4. The van der Waals surface area contributed by atoms with Gasteiger partial charge in [-0.3, -0.25) is 9.58 Å². The fourth-order valence-corrected chi connectivity index (χ4v) is 2.56. The van der Waals surface area contributed by atoms with Gasteiger partial charge in [0.05, 0.1) is 18.8 Å². The quantitative estimate of drug-likeness (QED) is 0.734. The van der Waals surface area contributed by atoms with Crippen LogP contribution in [0.3, 0.4) is 0 Å². The molecule has 0 spiro atoms. The summed E-state index contributed by atoms with van der Waals surface area (Å²) in [5.74, 6) is 0. The third-order valence-corrected chi connectivity index (χ3v) is 3.68. The summed E-state index contributed by atoms with van der Waals surface area (Å²) in [5.41, 5.74) is 7.24. The number of aromatic nitrogens is 2. The van der Waals surface area contributed by atoms with E-state index in [0.717, 1.165) is 26.1 Å². The number of methoxy groups -OCH3 is 1. The van der Waals surface area contributed by atoms with Gasteiger partial charge in [-0.1, -0.05) is 6.92 Å². The van der Waals surface area contributed by atoms with Gasteiger partial charge >= 0.3 is 0 Å². The Morgan fingerprint density at radius 1 is 1.58 bits per heavy atom. The van der Waals surface area contributed by atoms with Crippen LogP contribution in [0.2, 0.25) is 0 Å². The lowest BCUT2D eigenvalue weighted by Crippen LogP contribution is -2.37. The Balaban J connectivity index is 2.06. The molecule has 1 aliphatic carbocycles. The molecule has 0 bridgehead atoms. The van der Waals surface area contributed by atoms with Crippen LogP contribution in [0.5, 0.6) is 0 Å². The van der Waals surface area contributed by atoms with Crippen molar-refractivity contribution in [2.45, 2.75) is 44.8 Å². The SMILES string of the molecule is CCCn1cc(C(CN)N(CCOC)C2CC2)cn1. The van der Waals surface area contributed by atoms with Gasteiger partial charge in [0.2, 0.25) is 0 Å². The first-order chi connectivity index (χ1) is 9.30. The molecule has 0 amide bonds. The summed E-state index contributed by atoms with van der Waals surface area (Å²) < 4.78 is 7.23. The molecule has 5 heteroatoms. The zero-order valence-electron chi connectivity index (χ0n) is 12.1. The Labute approximate surface area is 115 Å². The van der Waals surface area contributed by atoms with Gasteiger partial charge in [-0.15, -0.1) is 0 Å². The molecule has 108 valence electrons. The number of nitrogens with zero attached hydrogens (tertiary/aromatic N) is 3. The Hall–Kier alpha value is -0.910. The summed E-state index contributed by atoms with van der Waals surface area (Å²) in [5, 5.41) is 4.42. The zero-order chi connectivity index (χ0) is 13.7. The van der Waals surface area contributed by atoms with E-state index in [1.807, 2.05) is 10.9 Å². The van der Waals surface area contributed by atoms with Crippen LogP contribution in [0.25, 0.3) is 0 Å². The molecular formula is C14H26N4O. The van der Waals surface area contributed by atoms with Crippen LogP contribution in [0, 0.1) is 0 Å². The first-order valence-corrected chi connectivity index (χ1v) is 7.27. The molecule has 0 radical (unpaired) electrons. The normalized spacial score (nSPS) is 17.1. The van der Waals surface area contributed by atoms with Gasteiger partial charge in [-0.2, -0.15) is 5.10 Å². The van der Waals surface area contributed by atoms with E-state index in [1.54, 1.807) is 7.11 Å². The van der Waals surface area contributed by atoms with Gasteiger partial charge in [0, 0.05) is 44.5 Å². The average molecular weight is 266 g/mol. The molecule has 0 aromatic carbocycles. The summed E-state index contributed by atoms with van der Waals surface area (Å²) >= 11 is 0. The average Bonchev–Trinajstić information content (AvgIpc) is 3.16. The Morgan fingerprint density at radius 2 is 2.37 bits per heavy atom. The van der Waals surface area contributed by atoms with Crippen LogP contribution in [-0.2, 0) is 11.3 Å². The molecule has 2 rings (SSSR count). The van der Waals surface area contributed by atoms with Crippen molar-refractivity contribution in [1.29, 1.82) is 0 Å². The third-order valence-electron chi connectivity index (χ3n) is 3.68. The number of rotatable bonds is 9. The van der Waals surface area contributed by atoms with E-state index in [1.165, 1.54) is 18.4 Å². The van der Waals surface area contributed by atoms with E-state index in [0.29, 0.717) is 12.6 Å². The van der Waals surface area contributed by atoms with Crippen molar-refractivity contribution < 1.29 is 4.74 Å². The largest absolute Gasteiger partial charge is 0.383 e. The number of ether oxygens (including phenoxy) is 1. The molecule has 1 atom stereocenters. The Morgan fingerprint density at radius 3 is 2.95 bits per heavy atom. The summed E-state index contributed by atoms with van der Waals surface area (Å²) in [6.07, 6.45) is 7.77. The van der Waals surface area contributed by atoms with Gasteiger partial charge in [0.25, 0.3) is 0 Å². The summed E-state index contributed by atoms with van der Waals surface area (Å²) in [6.45, 7) is 5.48. The highest BCUT2D eigenvalue weighted by Gasteiger charge is 2.34. The monoisotopic (exact) mass is 266 g/mol. The maximum Gasteiger partial charge on any atom is 0.0590 e. The second kappa shape index (κ2) is 7.03. The lowest BCUT2D eigenvalue weighted by molar-refractivity contribution is 0.115. The maximum atomic E-state index is 6.01. The van der Waals surface area contributed by atoms with Gasteiger partial charge in [0.15, 0.2) is 0 Å². The molecule has 19 heavy (non-hydrogen) atoms. The number of hydrogen-bond donors (Lipinski definition) is 1. The molecule has 1 unspecified atom stereocenters. The van der Waals surface area contributed by atoms with E-state index in [-0.39, 0.29) is 6.04 Å². The zero-order valence-corrected chi connectivity index (χ0v) is 12.1. The van der Waals surface area contributed by atoms with Crippen LogP contribution in [0.4, 0.5) is 0 Å². The highest BCUT2D eigenvalue weighted by atomic mass is 16.5. The van der Waals surface area contributed by atoms with Crippen LogP contribution in [-0.4, -0.2) is 47.5 Å². The maximum absolute atomic E-state index is 6.01. The lowest BCUT2D eigenvalue weighted by Gasteiger charge is -2.30. The van der Waals surface area contributed by atoms with Gasteiger partial charge < -0.3 is 10.5 Å².